The lowest BCUT2D eigenvalue weighted by molar-refractivity contribution is -0.117. The molecule has 0 bridgehead atoms. The van der Waals surface area contributed by atoms with E-state index in [9.17, 15) is 13.6 Å². The molecule has 3 N–H and O–H groups in total. The van der Waals surface area contributed by atoms with Crippen LogP contribution >= 0.6 is 11.8 Å². The molecule has 0 spiro atoms. The highest BCUT2D eigenvalue weighted by Gasteiger charge is 2.16. The van der Waals surface area contributed by atoms with Crippen LogP contribution in [0.1, 0.15) is 6.42 Å². The fourth-order valence-corrected chi connectivity index (χ4v) is 1.86. The van der Waals surface area contributed by atoms with Crippen LogP contribution in [0.3, 0.4) is 0 Å². The second-order valence-electron chi connectivity index (χ2n) is 3.75. The third kappa shape index (κ3) is 5.44. The van der Waals surface area contributed by atoms with E-state index in [0.717, 1.165) is 5.75 Å². The average molecular weight is 290 g/mol. The van der Waals surface area contributed by atoms with Gasteiger partial charge in [0.1, 0.15) is 5.75 Å². The third-order valence-electron chi connectivity index (χ3n) is 2.33. The molecule has 1 aromatic rings. The van der Waals surface area contributed by atoms with E-state index in [0.29, 0.717) is 6.42 Å². The summed E-state index contributed by atoms with van der Waals surface area (Å²) in [7, 11) is 0. The molecule has 1 atom stereocenters. The SMILES string of the molecule is CSCC[C@H](N)C(=O)Nc1ccccc1OC(F)F. The number of para-hydroxylation sites is 2. The summed E-state index contributed by atoms with van der Waals surface area (Å²) in [5.74, 6) is 0.256. The second kappa shape index (κ2) is 7.96. The Morgan fingerprint density at radius 3 is 2.79 bits per heavy atom. The predicted molar refractivity (Wildman–Crippen MR) is 72.7 cm³/mol. The standard InChI is InChI=1S/C12H16F2N2O2S/c1-19-7-6-8(15)11(17)16-9-4-2-3-5-10(9)18-12(13)14/h2-5,8,12H,6-7,15H2,1H3,(H,16,17)/t8-/m0/s1. The van der Waals surface area contributed by atoms with Crippen LogP contribution in [0.5, 0.6) is 5.75 Å². The van der Waals surface area contributed by atoms with Crippen molar-refractivity contribution >= 4 is 23.4 Å². The van der Waals surface area contributed by atoms with Crippen LogP contribution in [-0.2, 0) is 4.79 Å². The van der Waals surface area contributed by atoms with Gasteiger partial charge in [-0.15, -0.1) is 0 Å². The number of nitrogens with two attached hydrogens (primary N) is 1. The van der Waals surface area contributed by atoms with Gasteiger partial charge in [-0.2, -0.15) is 20.5 Å². The van der Waals surface area contributed by atoms with Crippen LogP contribution in [0.2, 0.25) is 0 Å². The molecule has 0 fully saturated rings. The first-order valence-electron chi connectivity index (χ1n) is 5.63. The van der Waals surface area contributed by atoms with Crippen LogP contribution < -0.4 is 15.8 Å². The minimum Gasteiger partial charge on any atom is -0.433 e. The van der Waals surface area contributed by atoms with Gasteiger partial charge in [0.05, 0.1) is 11.7 Å². The van der Waals surface area contributed by atoms with E-state index in [1.54, 1.807) is 23.9 Å². The van der Waals surface area contributed by atoms with Gasteiger partial charge in [-0.1, -0.05) is 12.1 Å². The number of thioether (sulfide) groups is 1. The van der Waals surface area contributed by atoms with Gasteiger partial charge < -0.3 is 15.8 Å². The Hall–Kier alpha value is -1.34. The topological polar surface area (TPSA) is 64.4 Å². The number of anilines is 1. The smallest absolute Gasteiger partial charge is 0.387 e. The van der Waals surface area contributed by atoms with Crippen molar-refractivity contribution in [2.24, 2.45) is 5.73 Å². The molecule has 7 heteroatoms. The Balaban J connectivity index is 2.68. The maximum absolute atomic E-state index is 12.2. The second-order valence-corrected chi connectivity index (χ2v) is 4.74. The summed E-state index contributed by atoms with van der Waals surface area (Å²) in [6.07, 6.45) is 2.43. The van der Waals surface area contributed by atoms with Gasteiger partial charge in [0.15, 0.2) is 0 Å². The van der Waals surface area contributed by atoms with E-state index >= 15 is 0 Å². The number of carbonyl (C=O) groups is 1. The molecule has 0 aliphatic rings. The molecule has 0 aliphatic carbocycles. The van der Waals surface area contributed by atoms with Crippen molar-refractivity contribution in [3.05, 3.63) is 24.3 Å². The van der Waals surface area contributed by atoms with Crippen molar-refractivity contribution in [2.45, 2.75) is 19.1 Å². The number of benzene rings is 1. The van der Waals surface area contributed by atoms with Crippen molar-refractivity contribution < 1.29 is 18.3 Å². The first-order chi connectivity index (χ1) is 9.04. The summed E-state index contributed by atoms with van der Waals surface area (Å²) in [4.78, 5) is 11.8. The zero-order valence-corrected chi connectivity index (χ0v) is 11.3. The molecule has 19 heavy (non-hydrogen) atoms. The van der Waals surface area contributed by atoms with Crippen LogP contribution in [0.4, 0.5) is 14.5 Å². The number of nitrogens with one attached hydrogen (secondary N) is 1. The van der Waals surface area contributed by atoms with Crippen molar-refractivity contribution in [2.75, 3.05) is 17.3 Å². The van der Waals surface area contributed by atoms with Gasteiger partial charge in [0.2, 0.25) is 5.91 Å². The van der Waals surface area contributed by atoms with E-state index in [1.165, 1.54) is 12.1 Å². The van der Waals surface area contributed by atoms with Gasteiger partial charge in [-0.05, 0) is 30.6 Å². The lowest BCUT2D eigenvalue weighted by atomic mass is 10.2. The minimum atomic E-state index is -2.94. The Morgan fingerprint density at radius 2 is 2.16 bits per heavy atom. The molecule has 0 radical (unpaired) electrons. The monoisotopic (exact) mass is 290 g/mol. The predicted octanol–water partition coefficient (Wildman–Crippen LogP) is 2.31. The first-order valence-corrected chi connectivity index (χ1v) is 7.03. The number of carbonyl (C=O) groups excluding carboxylic acids is 1. The number of alkyl halides is 2. The van der Waals surface area contributed by atoms with Gasteiger partial charge in [0, 0.05) is 0 Å². The van der Waals surface area contributed by atoms with Gasteiger partial charge >= 0.3 is 6.61 Å². The maximum Gasteiger partial charge on any atom is 0.387 e. The summed E-state index contributed by atoms with van der Waals surface area (Å²) in [5.41, 5.74) is 5.88. The minimum absolute atomic E-state index is 0.0806. The lowest BCUT2D eigenvalue weighted by Gasteiger charge is -2.14. The van der Waals surface area contributed by atoms with Gasteiger partial charge in [-0.3, -0.25) is 4.79 Å². The van der Waals surface area contributed by atoms with Crippen LogP contribution in [0.25, 0.3) is 0 Å². The fourth-order valence-electron chi connectivity index (χ4n) is 1.37. The van der Waals surface area contributed by atoms with Crippen molar-refractivity contribution in [1.82, 2.24) is 0 Å². The lowest BCUT2D eigenvalue weighted by Crippen LogP contribution is -2.36. The summed E-state index contributed by atoms with van der Waals surface area (Å²) >= 11 is 1.58. The van der Waals surface area contributed by atoms with Crippen molar-refractivity contribution in [3.8, 4) is 5.75 Å². The van der Waals surface area contributed by atoms with Crippen LogP contribution in [-0.4, -0.2) is 30.6 Å². The Morgan fingerprint density at radius 1 is 1.47 bits per heavy atom. The Labute approximate surface area is 114 Å². The molecule has 1 amide bonds. The first kappa shape index (κ1) is 15.7. The van der Waals surface area contributed by atoms with Crippen molar-refractivity contribution in [3.63, 3.8) is 0 Å². The Kier molecular flexibility index (Phi) is 6.58. The fraction of sp³-hybridized carbons (Fsp3) is 0.417. The number of ether oxygens (including phenoxy) is 1. The molecule has 0 saturated carbocycles. The quantitative estimate of drug-likeness (QED) is 0.809. The van der Waals surface area contributed by atoms with Gasteiger partial charge in [0.25, 0.3) is 0 Å². The van der Waals surface area contributed by atoms with Crippen molar-refractivity contribution in [1.29, 1.82) is 0 Å². The van der Waals surface area contributed by atoms with E-state index < -0.39 is 18.6 Å². The highest BCUT2D eigenvalue weighted by Crippen LogP contribution is 2.25. The Bertz CT molecular complexity index is 418. The molecule has 0 aliphatic heterocycles. The number of hydrogen-bond acceptors (Lipinski definition) is 4. The highest BCUT2D eigenvalue weighted by molar-refractivity contribution is 7.98. The summed E-state index contributed by atoms with van der Waals surface area (Å²) in [5, 5.41) is 2.49. The molecule has 0 aromatic heterocycles. The average Bonchev–Trinajstić information content (AvgIpc) is 2.37. The zero-order valence-electron chi connectivity index (χ0n) is 10.4. The highest BCUT2D eigenvalue weighted by atomic mass is 32.2. The summed E-state index contributed by atoms with van der Waals surface area (Å²) in [6, 6.07) is 5.32. The molecule has 1 rings (SSSR count). The molecule has 106 valence electrons. The zero-order chi connectivity index (χ0) is 14.3. The van der Waals surface area contributed by atoms with Crippen LogP contribution in [0, 0.1) is 0 Å². The number of halogens is 2. The molecule has 4 nitrogen and oxygen atoms in total. The number of amides is 1. The van der Waals surface area contributed by atoms with E-state index in [1.807, 2.05) is 6.26 Å². The van der Waals surface area contributed by atoms with E-state index in [2.05, 4.69) is 10.1 Å². The van der Waals surface area contributed by atoms with E-state index in [4.69, 9.17) is 5.73 Å². The number of hydrogen-bond donors (Lipinski definition) is 2. The van der Waals surface area contributed by atoms with Gasteiger partial charge in [-0.25, -0.2) is 0 Å². The molecule has 0 heterocycles. The molecule has 0 saturated heterocycles. The maximum atomic E-state index is 12.2. The summed E-state index contributed by atoms with van der Waals surface area (Å²) < 4.78 is 28.7. The van der Waals surface area contributed by atoms with E-state index in [-0.39, 0.29) is 11.4 Å². The molecule has 1 aromatic carbocycles. The molecular weight excluding hydrogens is 274 g/mol. The number of rotatable bonds is 7. The largest absolute Gasteiger partial charge is 0.433 e. The third-order valence-corrected chi connectivity index (χ3v) is 2.97. The summed E-state index contributed by atoms with van der Waals surface area (Å²) in [6.45, 7) is -2.94. The normalized spacial score (nSPS) is 12.3. The van der Waals surface area contributed by atoms with Crippen LogP contribution in [0.15, 0.2) is 24.3 Å². The molecular formula is C12H16F2N2O2S. The molecule has 0 unspecified atom stereocenters.